The average Bonchev–Trinajstić information content (AvgIpc) is 1.78. The van der Waals surface area contributed by atoms with Gasteiger partial charge >= 0.3 is 0 Å². The van der Waals surface area contributed by atoms with Gasteiger partial charge in [0.2, 0.25) is 4.86 Å². The lowest BCUT2D eigenvalue weighted by molar-refractivity contribution is 0.343. The van der Waals surface area contributed by atoms with Crippen molar-refractivity contribution in [1.29, 1.82) is 0 Å². The molecule has 0 saturated carbocycles. The van der Waals surface area contributed by atoms with Crippen LogP contribution in [0.4, 0.5) is 0 Å². The molecule has 1 atom stereocenters. The summed E-state index contributed by atoms with van der Waals surface area (Å²) in [6.07, 6.45) is 2.34. The highest BCUT2D eigenvalue weighted by atomic mass is 127. The standard InChI is InChI=1S/C8H17BClIP/c1-7(2,6-12-9-11)5-8(3,4)10/h12H,5-6H2,1-4H3. The molecule has 0 heterocycles. The molecule has 0 rings (SSSR count). The summed E-state index contributed by atoms with van der Waals surface area (Å²) in [4.78, 5) is 2.17. The van der Waals surface area contributed by atoms with E-state index in [1.54, 1.807) is 0 Å². The van der Waals surface area contributed by atoms with Crippen LogP contribution < -0.4 is 0 Å². The van der Waals surface area contributed by atoms with E-state index in [0.717, 1.165) is 14.9 Å². The summed E-state index contributed by atoms with van der Waals surface area (Å²) in [6, 6.07) is 0. The van der Waals surface area contributed by atoms with Crippen LogP contribution in [0.2, 0.25) is 0 Å². The Morgan fingerprint density at radius 1 is 1.33 bits per heavy atom. The highest BCUT2D eigenvalue weighted by molar-refractivity contribution is 14.1. The maximum atomic E-state index is 6.19. The topological polar surface area (TPSA) is 0 Å². The Balaban J connectivity index is 3.86. The van der Waals surface area contributed by atoms with Crippen molar-refractivity contribution in [2.24, 2.45) is 5.41 Å². The largest absolute Gasteiger partial charge is 0.230 e. The van der Waals surface area contributed by atoms with Gasteiger partial charge in [-0.2, -0.15) is 22.4 Å². The van der Waals surface area contributed by atoms with E-state index < -0.39 is 0 Å². The SMILES string of the molecule is CC(C)(Cl)CC(C)(C)CP[B]I. The van der Waals surface area contributed by atoms with Gasteiger partial charge in [-0.15, -0.1) is 20.1 Å². The monoisotopic (exact) mass is 317 g/mol. The van der Waals surface area contributed by atoms with Gasteiger partial charge in [-0.1, -0.05) is 13.8 Å². The first-order valence-corrected chi connectivity index (χ1v) is 7.02. The van der Waals surface area contributed by atoms with Crippen molar-refractivity contribution in [3.05, 3.63) is 0 Å². The van der Waals surface area contributed by atoms with Gasteiger partial charge in [0.05, 0.1) is 0 Å². The molecule has 0 aliphatic heterocycles. The van der Waals surface area contributed by atoms with Crippen LogP contribution in [0, 0.1) is 5.41 Å². The molecule has 1 unspecified atom stereocenters. The van der Waals surface area contributed by atoms with Gasteiger partial charge in [0.25, 0.3) is 0 Å². The van der Waals surface area contributed by atoms with Crippen molar-refractivity contribution in [2.45, 2.75) is 39.0 Å². The minimum Gasteiger partial charge on any atom is -0.152 e. The normalized spacial score (nSPS) is 14.2. The van der Waals surface area contributed by atoms with E-state index >= 15 is 0 Å². The molecule has 1 radical (unpaired) electrons. The highest BCUT2D eigenvalue weighted by Gasteiger charge is 2.26. The number of halogens is 2. The zero-order valence-electron chi connectivity index (χ0n) is 8.25. The van der Waals surface area contributed by atoms with E-state index in [1.165, 1.54) is 6.16 Å². The molecule has 4 heteroatoms. The molecule has 0 aliphatic rings. The van der Waals surface area contributed by atoms with Gasteiger partial charge in [-0.3, -0.25) is 0 Å². The molecule has 0 aromatic carbocycles. The molecule has 0 nitrogen and oxygen atoms in total. The lowest BCUT2D eigenvalue weighted by atomic mass is 9.85. The smallest absolute Gasteiger partial charge is 0.152 e. The highest BCUT2D eigenvalue weighted by Crippen LogP contribution is 2.36. The molecule has 0 aromatic rings. The Bertz CT molecular complexity index is 134. The van der Waals surface area contributed by atoms with Crippen molar-refractivity contribution >= 4 is 47.3 Å². The zero-order chi connectivity index (χ0) is 9.83. The fraction of sp³-hybridized carbons (Fsp3) is 1.00. The van der Waals surface area contributed by atoms with Crippen molar-refractivity contribution in [1.82, 2.24) is 0 Å². The first-order chi connectivity index (χ1) is 5.27. The van der Waals surface area contributed by atoms with Gasteiger partial charge in [0.1, 0.15) is 0 Å². The molecule has 0 aromatic heterocycles. The van der Waals surface area contributed by atoms with Crippen LogP contribution in [-0.4, -0.2) is 15.9 Å². The molecule has 0 aliphatic carbocycles. The lowest BCUT2D eigenvalue weighted by Gasteiger charge is -2.30. The predicted octanol–water partition coefficient (Wildman–Crippen LogP) is 4.07. The summed E-state index contributed by atoms with van der Waals surface area (Å²) >= 11 is 8.51. The Morgan fingerprint density at radius 3 is 2.17 bits per heavy atom. The lowest BCUT2D eigenvalue weighted by Crippen LogP contribution is -2.25. The molecule has 0 bridgehead atoms. The summed E-state index contributed by atoms with van der Waals surface area (Å²) in [5.41, 5.74) is 0.380. The van der Waals surface area contributed by atoms with Crippen LogP contribution in [0.1, 0.15) is 34.1 Å². The summed E-state index contributed by atoms with van der Waals surface area (Å²) < 4.78 is 0. The number of rotatable bonds is 5. The van der Waals surface area contributed by atoms with Gasteiger partial charge in [0.15, 0.2) is 0 Å². The van der Waals surface area contributed by atoms with Crippen LogP contribution in [0.25, 0.3) is 0 Å². The maximum Gasteiger partial charge on any atom is 0.230 e. The Kier molecular flexibility index (Phi) is 6.09. The van der Waals surface area contributed by atoms with E-state index in [1.807, 2.05) is 0 Å². The molecule has 71 valence electrons. The van der Waals surface area contributed by atoms with E-state index in [9.17, 15) is 0 Å². The molecular weight excluding hydrogens is 300 g/mol. The molecule has 0 saturated heterocycles. The van der Waals surface area contributed by atoms with Gasteiger partial charge in [0, 0.05) is 4.87 Å². The fourth-order valence-electron chi connectivity index (χ4n) is 1.52. The van der Waals surface area contributed by atoms with Crippen LogP contribution in [0.15, 0.2) is 0 Å². The third-order valence-electron chi connectivity index (χ3n) is 1.56. The minimum absolute atomic E-state index is 0.0563. The fourth-order valence-corrected chi connectivity index (χ4v) is 3.29. The molecule has 0 amide bonds. The molecule has 0 fully saturated rings. The predicted molar refractivity (Wildman–Crippen MR) is 71.3 cm³/mol. The van der Waals surface area contributed by atoms with Crippen molar-refractivity contribution in [3.8, 4) is 0 Å². The average molecular weight is 317 g/mol. The van der Waals surface area contributed by atoms with Crippen molar-refractivity contribution in [2.75, 3.05) is 6.16 Å². The second-order valence-electron chi connectivity index (χ2n) is 4.55. The summed E-state index contributed by atoms with van der Waals surface area (Å²) in [5, 5.41) is 0. The second kappa shape index (κ2) is 5.41. The van der Waals surface area contributed by atoms with Crippen LogP contribution >= 0.6 is 42.4 Å². The van der Waals surface area contributed by atoms with Crippen molar-refractivity contribution in [3.63, 3.8) is 0 Å². The quantitative estimate of drug-likeness (QED) is 0.310. The number of hydrogen-bond donors (Lipinski definition) is 0. The summed E-state index contributed by atoms with van der Waals surface area (Å²) in [5.74, 6) is 0. The molecular formula is C8H17BClIP. The first kappa shape index (κ1) is 13.5. The first-order valence-electron chi connectivity index (χ1n) is 4.11. The third kappa shape index (κ3) is 8.13. The van der Waals surface area contributed by atoms with E-state index in [2.05, 4.69) is 54.9 Å². The Labute approximate surface area is 97.5 Å². The third-order valence-corrected chi connectivity index (χ3v) is 4.33. The van der Waals surface area contributed by atoms with E-state index in [-0.39, 0.29) is 4.87 Å². The summed E-state index contributed by atoms with van der Waals surface area (Å²) in [6.45, 7) is 8.77. The van der Waals surface area contributed by atoms with Gasteiger partial charge in [-0.25, -0.2) is 0 Å². The molecule has 0 spiro atoms. The van der Waals surface area contributed by atoms with Gasteiger partial charge in [-0.05, 0) is 31.8 Å². The zero-order valence-corrected chi connectivity index (χ0v) is 12.2. The number of alkyl halides is 1. The van der Waals surface area contributed by atoms with Gasteiger partial charge < -0.3 is 0 Å². The Hall–Kier alpha value is 1.51. The van der Waals surface area contributed by atoms with Crippen LogP contribution in [0.5, 0.6) is 0 Å². The van der Waals surface area contributed by atoms with Crippen LogP contribution in [-0.2, 0) is 0 Å². The number of hydrogen-bond acceptors (Lipinski definition) is 0. The molecule has 0 N–H and O–H groups in total. The maximum absolute atomic E-state index is 6.19. The minimum atomic E-state index is -0.0563. The van der Waals surface area contributed by atoms with E-state index in [0.29, 0.717) is 5.41 Å². The van der Waals surface area contributed by atoms with E-state index in [4.69, 9.17) is 11.6 Å². The Morgan fingerprint density at radius 2 is 1.83 bits per heavy atom. The van der Waals surface area contributed by atoms with Crippen molar-refractivity contribution < 1.29 is 0 Å². The summed E-state index contributed by atoms with van der Waals surface area (Å²) in [7, 11) is 0.955. The molecule has 12 heavy (non-hydrogen) atoms. The van der Waals surface area contributed by atoms with Crippen LogP contribution in [0.3, 0.4) is 0 Å². The second-order valence-corrected chi connectivity index (χ2v) is 8.42.